The lowest BCUT2D eigenvalue weighted by Gasteiger charge is -2.04. The average molecular weight is 259 g/mol. The Balaban J connectivity index is 3.94. The van der Waals surface area contributed by atoms with Gasteiger partial charge in [0.25, 0.3) is 11.5 Å². The van der Waals surface area contributed by atoms with E-state index in [-0.39, 0.29) is 0 Å². The Morgan fingerprint density at radius 2 is 1.06 bits per heavy atom. The van der Waals surface area contributed by atoms with Crippen molar-refractivity contribution in [2.75, 3.05) is 0 Å². The molecule has 18 heavy (non-hydrogen) atoms. The van der Waals surface area contributed by atoms with Gasteiger partial charge in [-0.25, -0.2) is 0 Å². The van der Waals surface area contributed by atoms with Crippen molar-refractivity contribution >= 4 is 17.1 Å². The maximum atomic E-state index is 10.6. The van der Waals surface area contributed by atoms with Crippen molar-refractivity contribution in [3.05, 3.63) is 35.9 Å². The Labute approximate surface area is 97.3 Å². The van der Waals surface area contributed by atoms with E-state index >= 15 is 0 Å². The first-order chi connectivity index (χ1) is 8.20. The van der Waals surface area contributed by atoms with Crippen LogP contribution in [0, 0.1) is 37.3 Å². The van der Waals surface area contributed by atoms with Gasteiger partial charge in [-0.3, -0.25) is 30.3 Å². The summed E-state index contributed by atoms with van der Waals surface area (Å²) in [5.74, 6) is -2.85. The van der Waals surface area contributed by atoms with Crippen LogP contribution in [0.25, 0.3) is 0 Å². The van der Waals surface area contributed by atoms with Gasteiger partial charge in [-0.15, -0.1) is 0 Å². The largest absolute Gasteiger partial charge is 0.497 e. The van der Waals surface area contributed by atoms with Crippen molar-refractivity contribution in [2.45, 2.75) is 6.92 Å². The van der Waals surface area contributed by atoms with E-state index in [1.807, 2.05) is 0 Å². The fraction of sp³-hybridized carbons (Fsp3) is 0.143. The second kappa shape index (κ2) is 4.12. The number of nitro groups is 3. The molecule has 11 nitrogen and oxygen atoms in total. The van der Waals surface area contributed by atoms with E-state index in [9.17, 15) is 40.6 Å². The fourth-order valence-corrected chi connectivity index (χ4v) is 1.42. The minimum absolute atomic E-state index is 0.675. The summed E-state index contributed by atoms with van der Waals surface area (Å²) in [5, 5.41) is 50.5. The number of phenols is 2. The smallest absolute Gasteiger partial charge is 0.366 e. The molecule has 96 valence electrons. The maximum Gasteiger partial charge on any atom is 0.366 e. The number of phenolic OH excluding ortho intramolecular Hbond substituents is 2. The van der Waals surface area contributed by atoms with Gasteiger partial charge in [0.15, 0.2) is 0 Å². The molecule has 1 aromatic rings. The van der Waals surface area contributed by atoms with Crippen LogP contribution in [0.4, 0.5) is 17.1 Å². The van der Waals surface area contributed by atoms with Crippen molar-refractivity contribution in [3.63, 3.8) is 0 Å². The third-order valence-electron chi connectivity index (χ3n) is 2.16. The fourth-order valence-electron chi connectivity index (χ4n) is 1.42. The lowest BCUT2D eigenvalue weighted by Crippen LogP contribution is -2.02. The molecular formula is C7H5N3O8. The molecule has 0 amide bonds. The van der Waals surface area contributed by atoms with Gasteiger partial charge in [-0.2, -0.15) is 0 Å². The molecule has 0 spiro atoms. The third-order valence-corrected chi connectivity index (χ3v) is 2.16. The number of nitro benzene ring substituents is 3. The minimum Gasteiger partial charge on any atom is -0.497 e. The van der Waals surface area contributed by atoms with Gasteiger partial charge in [0, 0.05) is 0 Å². The number of benzene rings is 1. The summed E-state index contributed by atoms with van der Waals surface area (Å²) in [7, 11) is 0. The zero-order valence-electron chi connectivity index (χ0n) is 8.69. The molecule has 0 aliphatic heterocycles. The highest BCUT2D eigenvalue weighted by atomic mass is 16.6. The predicted molar refractivity (Wildman–Crippen MR) is 54.5 cm³/mol. The van der Waals surface area contributed by atoms with Crippen LogP contribution in [0.1, 0.15) is 5.56 Å². The molecule has 2 N–H and O–H groups in total. The van der Waals surface area contributed by atoms with Crippen molar-refractivity contribution in [2.24, 2.45) is 0 Å². The van der Waals surface area contributed by atoms with Crippen molar-refractivity contribution < 1.29 is 25.0 Å². The third kappa shape index (κ3) is 1.73. The first-order valence-electron chi connectivity index (χ1n) is 4.21. The van der Waals surface area contributed by atoms with Gasteiger partial charge < -0.3 is 10.2 Å². The molecule has 0 saturated heterocycles. The molecule has 0 radical (unpaired) electrons. The number of hydrogen-bond acceptors (Lipinski definition) is 8. The topological polar surface area (TPSA) is 170 Å². The summed E-state index contributed by atoms with van der Waals surface area (Å²) >= 11 is 0. The van der Waals surface area contributed by atoms with Gasteiger partial charge in [0.1, 0.15) is 5.56 Å². The summed E-state index contributed by atoms with van der Waals surface area (Å²) in [6.07, 6.45) is 0. The lowest BCUT2D eigenvalue weighted by molar-refractivity contribution is -0.406. The van der Waals surface area contributed by atoms with Crippen molar-refractivity contribution in [1.29, 1.82) is 0 Å². The van der Waals surface area contributed by atoms with Crippen LogP contribution in [0.15, 0.2) is 0 Å². The van der Waals surface area contributed by atoms with Gasteiger partial charge in [-0.05, 0) is 6.92 Å². The highest BCUT2D eigenvalue weighted by molar-refractivity contribution is 5.77. The molecule has 0 bridgehead atoms. The number of rotatable bonds is 3. The van der Waals surface area contributed by atoms with E-state index in [1.54, 1.807) is 0 Å². The summed E-state index contributed by atoms with van der Waals surface area (Å²) in [5.41, 5.74) is -4.53. The van der Waals surface area contributed by atoms with Crippen LogP contribution in [-0.4, -0.2) is 25.0 Å². The van der Waals surface area contributed by atoms with Crippen molar-refractivity contribution in [1.82, 2.24) is 0 Å². The van der Waals surface area contributed by atoms with Gasteiger partial charge in [-0.1, -0.05) is 0 Å². The Morgan fingerprint density at radius 1 is 0.778 bits per heavy atom. The van der Waals surface area contributed by atoms with E-state index < -0.39 is 48.9 Å². The molecule has 0 unspecified atom stereocenters. The van der Waals surface area contributed by atoms with Gasteiger partial charge >= 0.3 is 17.1 Å². The molecule has 1 aromatic carbocycles. The highest BCUT2D eigenvalue weighted by Gasteiger charge is 2.40. The first-order valence-corrected chi connectivity index (χ1v) is 4.21. The van der Waals surface area contributed by atoms with Crippen LogP contribution >= 0.6 is 0 Å². The maximum absolute atomic E-state index is 10.6. The van der Waals surface area contributed by atoms with Crippen molar-refractivity contribution in [3.8, 4) is 11.5 Å². The zero-order chi connectivity index (χ0) is 14.2. The summed E-state index contributed by atoms with van der Waals surface area (Å²) in [6, 6.07) is 0. The lowest BCUT2D eigenvalue weighted by atomic mass is 10.1. The molecule has 0 fully saturated rings. The molecule has 0 saturated carbocycles. The summed E-state index contributed by atoms with van der Waals surface area (Å²) in [4.78, 5) is 28.0. The van der Waals surface area contributed by atoms with Crippen LogP contribution < -0.4 is 0 Å². The van der Waals surface area contributed by atoms with E-state index in [2.05, 4.69) is 0 Å². The van der Waals surface area contributed by atoms with Gasteiger partial charge in [0.2, 0.25) is 0 Å². The Hall–Kier alpha value is -2.98. The predicted octanol–water partition coefficient (Wildman–Crippen LogP) is 1.13. The minimum atomic E-state index is -1.47. The molecule has 0 heterocycles. The Morgan fingerprint density at radius 3 is 1.28 bits per heavy atom. The van der Waals surface area contributed by atoms with E-state index in [0.717, 1.165) is 6.92 Å². The monoisotopic (exact) mass is 259 g/mol. The quantitative estimate of drug-likeness (QED) is 0.600. The van der Waals surface area contributed by atoms with Gasteiger partial charge in [0.05, 0.1) is 14.8 Å². The first kappa shape index (κ1) is 13.1. The number of hydrogen-bond donors (Lipinski definition) is 2. The zero-order valence-corrected chi connectivity index (χ0v) is 8.69. The normalized spacial score (nSPS) is 10.1. The molecule has 0 aliphatic rings. The van der Waals surface area contributed by atoms with E-state index in [0.29, 0.717) is 0 Å². The Bertz CT molecular complexity index is 479. The van der Waals surface area contributed by atoms with Crippen LogP contribution in [-0.2, 0) is 0 Å². The molecule has 1 rings (SSSR count). The number of nitrogens with zero attached hydrogens (tertiary/aromatic N) is 3. The number of aromatic hydroxyl groups is 2. The van der Waals surface area contributed by atoms with Crippen LogP contribution in [0.3, 0.4) is 0 Å². The van der Waals surface area contributed by atoms with E-state index in [4.69, 9.17) is 0 Å². The van der Waals surface area contributed by atoms with E-state index in [1.165, 1.54) is 0 Å². The van der Waals surface area contributed by atoms with Crippen LogP contribution in [0.2, 0.25) is 0 Å². The second-order valence-corrected chi connectivity index (χ2v) is 3.14. The molecule has 11 heteroatoms. The Kier molecular flexibility index (Phi) is 2.99. The van der Waals surface area contributed by atoms with Crippen LogP contribution in [0.5, 0.6) is 11.5 Å². The molecular weight excluding hydrogens is 254 g/mol. The second-order valence-electron chi connectivity index (χ2n) is 3.14. The highest BCUT2D eigenvalue weighted by Crippen LogP contribution is 2.50. The molecule has 0 aromatic heterocycles. The average Bonchev–Trinajstić information content (AvgIpc) is 2.14. The molecule has 0 atom stereocenters. The molecule has 0 aliphatic carbocycles. The summed E-state index contributed by atoms with van der Waals surface area (Å²) < 4.78 is 0. The standard InChI is InChI=1S/C7H5N3O8/c1-2-3(8(13)14)6(11)5(10(17)18)7(12)4(2)9(15)16/h11-12H,1H3. The SMILES string of the molecule is Cc1c([N+](=O)[O-])c(O)c([N+](=O)[O-])c(O)c1[N+](=O)[O-]. The summed E-state index contributed by atoms with van der Waals surface area (Å²) in [6.45, 7) is 0.888.